The Labute approximate surface area is 130 Å². The molecule has 1 fully saturated rings. The summed E-state index contributed by atoms with van der Waals surface area (Å²) in [5.74, 6) is -1.18. The van der Waals surface area contributed by atoms with Crippen LogP contribution in [0.1, 0.15) is 32.6 Å². The third-order valence-electron chi connectivity index (χ3n) is 3.13. The van der Waals surface area contributed by atoms with Crippen molar-refractivity contribution >= 4 is 18.0 Å². The normalized spacial score (nSPS) is 14.7. The van der Waals surface area contributed by atoms with E-state index < -0.39 is 11.9 Å². The van der Waals surface area contributed by atoms with Crippen molar-refractivity contribution in [2.45, 2.75) is 32.6 Å². The van der Waals surface area contributed by atoms with Crippen LogP contribution in [-0.4, -0.2) is 55.7 Å². The number of piperidine rings is 1. The van der Waals surface area contributed by atoms with Gasteiger partial charge in [-0.25, -0.2) is 14.4 Å². The van der Waals surface area contributed by atoms with Crippen LogP contribution in [0.5, 0.6) is 0 Å². The third kappa shape index (κ3) is 7.66. The number of hydrogen-bond donors (Lipinski definition) is 1. The summed E-state index contributed by atoms with van der Waals surface area (Å²) in [6, 6.07) is -0.0618. The highest BCUT2D eigenvalue weighted by atomic mass is 16.5. The molecule has 0 atom stereocenters. The maximum atomic E-state index is 11.8. The van der Waals surface area contributed by atoms with Gasteiger partial charge < -0.3 is 19.7 Å². The van der Waals surface area contributed by atoms with Crippen molar-refractivity contribution < 1.29 is 23.9 Å². The SMILES string of the molecule is CCOC(=O)/C=C/C(=O)OCCCNC(=O)N1CCCCC1. The summed E-state index contributed by atoms with van der Waals surface area (Å²) in [7, 11) is 0. The highest BCUT2D eigenvalue weighted by Gasteiger charge is 2.15. The molecule has 1 N–H and O–H groups in total. The van der Waals surface area contributed by atoms with E-state index in [1.165, 1.54) is 6.42 Å². The minimum Gasteiger partial charge on any atom is -0.463 e. The molecule has 0 spiro atoms. The molecule has 0 saturated carbocycles. The molecule has 0 aromatic heterocycles. The average Bonchev–Trinajstić information content (AvgIpc) is 2.53. The molecular formula is C15H24N2O5. The second-order valence-electron chi connectivity index (χ2n) is 4.89. The lowest BCUT2D eigenvalue weighted by molar-refractivity contribution is -0.140. The zero-order chi connectivity index (χ0) is 16.2. The number of hydrogen-bond acceptors (Lipinski definition) is 5. The van der Waals surface area contributed by atoms with Crippen LogP contribution >= 0.6 is 0 Å². The zero-order valence-electron chi connectivity index (χ0n) is 13.0. The number of ether oxygens (including phenoxy) is 2. The summed E-state index contributed by atoms with van der Waals surface area (Å²) in [6.07, 6.45) is 5.88. The summed E-state index contributed by atoms with van der Waals surface area (Å²) in [4.78, 5) is 35.8. The topological polar surface area (TPSA) is 84.9 Å². The fourth-order valence-electron chi connectivity index (χ4n) is 2.02. The molecule has 1 heterocycles. The van der Waals surface area contributed by atoms with Crippen LogP contribution in [0.3, 0.4) is 0 Å². The standard InChI is InChI=1S/C15H24N2O5/c1-2-21-13(18)7-8-14(19)22-12-6-9-16-15(20)17-10-4-3-5-11-17/h7-8H,2-6,9-12H2,1H3,(H,16,20)/b8-7+. The number of nitrogens with one attached hydrogen (secondary N) is 1. The molecule has 1 aliphatic heterocycles. The Morgan fingerprint density at radius 2 is 1.68 bits per heavy atom. The van der Waals surface area contributed by atoms with Gasteiger partial charge >= 0.3 is 18.0 Å². The monoisotopic (exact) mass is 312 g/mol. The summed E-state index contributed by atoms with van der Waals surface area (Å²) < 4.78 is 9.53. The largest absolute Gasteiger partial charge is 0.463 e. The first-order valence-corrected chi connectivity index (χ1v) is 7.68. The minimum absolute atomic E-state index is 0.0618. The lowest BCUT2D eigenvalue weighted by Crippen LogP contribution is -2.43. The van der Waals surface area contributed by atoms with E-state index in [0.717, 1.165) is 38.1 Å². The number of likely N-dealkylation sites (tertiary alicyclic amines) is 1. The van der Waals surface area contributed by atoms with Crippen LogP contribution in [0.2, 0.25) is 0 Å². The third-order valence-corrected chi connectivity index (χ3v) is 3.13. The lowest BCUT2D eigenvalue weighted by Gasteiger charge is -2.26. The van der Waals surface area contributed by atoms with Gasteiger partial charge in [-0.2, -0.15) is 0 Å². The molecule has 1 aliphatic rings. The van der Waals surface area contributed by atoms with Crippen LogP contribution in [-0.2, 0) is 19.1 Å². The van der Waals surface area contributed by atoms with E-state index in [9.17, 15) is 14.4 Å². The van der Waals surface area contributed by atoms with Crippen molar-refractivity contribution in [2.24, 2.45) is 0 Å². The van der Waals surface area contributed by atoms with Crippen molar-refractivity contribution in [3.05, 3.63) is 12.2 Å². The molecule has 1 rings (SSSR count). The molecular weight excluding hydrogens is 288 g/mol. The number of carbonyl (C=O) groups excluding carboxylic acids is 3. The molecule has 0 aromatic carbocycles. The molecule has 7 nitrogen and oxygen atoms in total. The molecule has 0 unspecified atom stereocenters. The van der Waals surface area contributed by atoms with Crippen LogP contribution in [0, 0.1) is 0 Å². The minimum atomic E-state index is -0.601. The van der Waals surface area contributed by atoms with E-state index in [1.54, 1.807) is 11.8 Å². The Bertz CT molecular complexity index is 403. The molecule has 0 bridgehead atoms. The average molecular weight is 312 g/mol. The highest BCUT2D eigenvalue weighted by molar-refractivity contribution is 5.91. The number of amides is 2. The van der Waals surface area contributed by atoms with Crippen molar-refractivity contribution in [2.75, 3.05) is 32.8 Å². The summed E-state index contributed by atoms with van der Waals surface area (Å²) in [6.45, 7) is 4.19. The smallest absolute Gasteiger partial charge is 0.331 e. The number of urea groups is 1. The molecule has 22 heavy (non-hydrogen) atoms. The molecule has 0 aliphatic carbocycles. The second kappa shape index (κ2) is 10.6. The van der Waals surface area contributed by atoms with Gasteiger partial charge in [0.05, 0.1) is 13.2 Å². The van der Waals surface area contributed by atoms with E-state index in [0.29, 0.717) is 13.0 Å². The van der Waals surface area contributed by atoms with Gasteiger partial charge in [-0.1, -0.05) is 0 Å². The van der Waals surface area contributed by atoms with E-state index in [2.05, 4.69) is 10.1 Å². The quantitative estimate of drug-likeness (QED) is 0.434. The van der Waals surface area contributed by atoms with Gasteiger partial charge in [0.25, 0.3) is 0 Å². The van der Waals surface area contributed by atoms with Gasteiger partial charge in [0.1, 0.15) is 0 Å². The van der Waals surface area contributed by atoms with Gasteiger partial charge in [-0.15, -0.1) is 0 Å². The Balaban J connectivity index is 2.05. The van der Waals surface area contributed by atoms with Gasteiger partial charge in [-0.3, -0.25) is 0 Å². The number of esters is 2. The highest BCUT2D eigenvalue weighted by Crippen LogP contribution is 2.08. The van der Waals surface area contributed by atoms with E-state index in [1.807, 2.05) is 0 Å². The van der Waals surface area contributed by atoms with Gasteiger partial charge in [0.2, 0.25) is 0 Å². The van der Waals surface area contributed by atoms with E-state index in [4.69, 9.17) is 4.74 Å². The molecule has 0 radical (unpaired) electrons. The predicted molar refractivity (Wildman–Crippen MR) is 80.2 cm³/mol. The first kappa shape index (κ1) is 18.0. The van der Waals surface area contributed by atoms with Gasteiger partial charge in [0, 0.05) is 31.8 Å². The van der Waals surface area contributed by atoms with Crippen LogP contribution < -0.4 is 5.32 Å². The van der Waals surface area contributed by atoms with E-state index >= 15 is 0 Å². The first-order valence-electron chi connectivity index (χ1n) is 7.68. The van der Waals surface area contributed by atoms with Crippen molar-refractivity contribution in [3.63, 3.8) is 0 Å². The molecule has 124 valence electrons. The Kier molecular flexibility index (Phi) is 8.71. The maximum Gasteiger partial charge on any atom is 0.331 e. The molecule has 0 aromatic rings. The lowest BCUT2D eigenvalue weighted by atomic mass is 10.1. The van der Waals surface area contributed by atoms with Crippen molar-refractivity contribution in [3.8, 4) is 0 Å². The fraction of sp³-hybridized carbons (Fsp3) is 0.667. The zero-order valence-corrected chi connectivity index (χ0v) is 13.0. The Morgan fingerprint density at radius 3 is 2.32 bits per heavy atom. The summed E-state index contributed by atoms with van der Waals surface area (Å²) >= 11 is 0. The van der Waals surface area contributed by atoms with Gasteiger partial charge in [-0.05, 0) is 32.6 Å². The van der Waals surface area contributed by atoms with Crippen LogP contribution in [0.4, 0.5) is 4.79 Å². The van der Waals surface area contributed by atoms with Gasteiger partial charge in [0.15, 0.2) is 0 Å². The van der Waals surface area contributed by atoms with Crippen LogP contribution in [0.25, 0.3) is 0 Å². The van der Waals surface area contributed by atoms with E-state index in [-0.39, 0.29) is 19.2 Å². The fourth-order valence-corrected chi connectivity index (χ4v) is 2.02. The second-order valence-corrected chi connectivity index (χ2v) is 4.89. The Hall–Kier alpha value is -2.05. The molecule has 1 saturated heterocycles. The predicted octanol–water partition coefficient (Wildman–Crippen LogP) is 1.23. The first-order chi connectivity index (χ1) is 10.6. The Morgan fingerprint density at radius 1 is 1.05 bits per heavy atom. The summed E-state index contributed by atoms with van der Waals surface area (Å²) in [5, 5.41) is 2.80. The number of nitrogens with zero attached hydrogens (tertiary/aromatic N) is 1. The van der Waals surface area contributed by atoms with Crippen molar-refractivity contribution in [1.82, 2.24) is 10.2 Å². The molecule has 7 heteroatoms. The van der Waals surface area contributed by atoms with Crippen molar-refractivity contribution in [1.29, 1.82) is 0 Å². The maximum absolute atomic E-state index is 11.8. The number of rotatable bonds is 7. The van der Waals surface area contributed by atoms with Crippen LogP contribution in [0.15, 0.2) is 12.2 Å². The summed E-state index contributed by atoms with van der Waals surface area (Å²) in [5.41, 5.74) is 0. The number of carbonyl (C=O) groups is 3. The molecule has 2 amide bonds.